The second kappa shape index (κ2) is 1.95. The summed E-state index contributed by atoms with van der Waals surface area (Å²) in [5.41, 5.74) is 6.78. The largest absolute Gasteiger partial charge is 0.400 e. The van der Waals surface area contributed by atoms with Crippen molar-refractivity contribution in [1.29, 1.82) is 0 Å². The van der Waals surface area contributed by atoms with Gasteiger partial charge in [-0.2, -0.15) is 0 Å². The van der Waals surface area contributed by atoms with Crippen LogP contribution in [0.25, 0.3) is 0 Å². The number of nitrogens with two attached hydrogens (primary N) is 1. The molecule has 2 aliphatic rings. The van der Waals surface area contributed by atoms with Crippen molar-refractivity contribution in [2.75, 3.05) is 0 Å². The zero-order chi connectivity index (χ0) is 7.84. The third-order valence-electron chi connectivity index (χ3n) is 1.73. The van der Waals surface area contributed by atoms with Gasteiger partial charge in [0.2, 0.25) is 5.91 Å². The van der Waals surface area contributed by atoms with Gasteiger partial charge in [-0.05, 0) is 6.08 Å². The first-order valence-electron chi connectivity index (χ1n) is 3.29. The first-order chi connectivity index (χ1) is 5.29. The maximum atomic E-state index is 11.1. The fourth-order valence-electron chi connectivity index (χ4n) is 1.19. The van der Waals surface area contributed by atoms with Gasteiger partial charge in [0, 0.05) is 18.1 Å². The number of carbonyl (C=O) groups excluding carboxylic acids is 1. The summed E-state index contributed by atoms with van der Waals surface area (Å²) in [5.74, 6) is -0.447. The molecule has 0 fully saturated rings. The molecule has 4 heteroatoms. The Balaban J connectivity index is 2.42. The lowest BCUT2D eigenvalue weighted by atomic mass is 9.99. The van der Waals surface area contributed by atoms with E-state index in [1.165, 1.54) is 6.20 Å². The monoisotopic (exact) mass is 149 g/mol. The zero-order valence-corrected chi connectivity index (χ0v) is 5.74. The predicted octanol–water partition coefficient (Wildman–Crippen LogP) is -0.499. The molecule has 0 bridgehead atoms. The van der Waals surface area contributed by atoms with E-state index in [2.05, 4.69) is 10.3 Å². The minimum absolute atomic E-state index is 0.0995. The molecule has 0 spiro atoms. The molecule has 0 aromatic rings. The van der Waals surface area contributed by atoms with E-state index < -0.39 is 0 Å². The maximum absolute atomic E-state index is 11.1. The van der Waals surface area contributed by atoms with Gasteiger partial charge in [0.1, 0.15) is 5.92 Å². The number of nitrogens with one attached hydrogen (secondary N) is 1. The average Bonchev–Trinajstić information content (AvgIpc) is 2.34. The third kappa shape index (κ3) is 0.756. The van der Waals surface area contributed by atoms with E-state index in [1.807, 2.05) is 0 Å². The SMILES string of the molecule is NC1=CN=C2C=CNC(=O)C12. The lowest BCUT2D eigenvalue weighted by Crippen LogP contribution is -2.37. The molecule has 0 aromatic heterocycles. The molecule has 2 aliphatic heterocycles. The van der Waals surface area contributed by atoms with Crippen LogP contribution in [-0.2, 0) is 4.79 Å². The molecule has 0 saturated heterocycles. The van der Waals surface area contributed by atoms with E-state index in [1.54, 1.807) is 12.3 Å². The van der Waals surface area contributed by atoms with Crippen molar-refractivity contribution < 1.29 is 4.79 Å². The van der Waals surface area contributed by atoms with Crippen LogP contribution in [-0.4, -0.2) is 11.6 Å². The second-order valence-corrected chi connectivity index (χ2v) is 2.46. The molecule has 2 rings (SSSR count). The standard InChI is InChI=1S/C7H7N3O/c8-4-3-10-5-1-2-9-7(11)6(4)5/h1-3,6H,8H2,(H,9,11). The number of fused-ring (bicyclic) bond motifs is 1. The van der Waals surface area contributed by atoms with Crippen molar-refractivity contribution >= 4 is 11.6 Å². The van der Waals surface area contributed by atoms with Crippen LogP contribution in [0.2, 0.25) is 0 Å². The zero-order valence-electron chi connectivity index (χ0n) is 5.74. The van der Waals surface area contributed by atoms with Gasteiger partial charge in [-0.25, -0.2) is 0 Å². The van der Waals surface area contributed by atoms with Gasteiger partial charge in [-0.1, -0.05) is 0 Å². The minimum atomic E-state index is -0.347. The van der Waals surface area contributed by atoms with E-state index >= 15 is 0 Å². The normalized spacial score (nSPS) is 27.3. The third-order valence-corrected chi connectivity index (χ3v) is 1.73. The van der Waals surface area contributed by atoms with Crippen LogP contribution in [0.3, 0.4) is 0 Å². The van der Waals surface area contributed by atoms with E-state index in [0.29, 0.717) is 5.70 Å². The van der Waals surface area contributed by atoms with Crippen molar-refractivity contribution in [3.63, 3.8) is 0 Å². The molecule has 11 heavy (non-hydrogen) atoms. The van der Waals surface area contributed by atoms with E-state index in [9.17, 15) is 4.79 Å². The van der Waals surface area contributed by atoms with Gasteiger partial charge in [-0.3, -0.25) is 9.79 Å². The van der Waals surface area contributed by atoms with Crippen molar-refractivity contribution in [1.82, 2.24) is 5.32 Å². The Kier molecular flexibility index (Phi) is 1.09. The summed E-state index contributed by atoms with van der Waals surface area (Å²) < 4.78 is 0. The number of hydrogen-bond donors (Lipinski definition) is 2. The fraction of sp³-hybridized carbons (Fsp3) is 0.143. The van der Waals surface area contributed by atoms with Crippen molar-refractivity contribution in [2.45, 2.75) is 0 Å². The summed E-state index contributed by atoms with van der Waals surface area (Å²) in [7, 11) is 0. The number of carbonyl (C=O) groups is 1. The van der Waals surface area contributed by atoms with Gasteiger partial charge < -0.3 is 11.1 Å². The Morgan fingerprint density at radius 3 is 3.18 bits per heavy atom. The molecule has 1 atom stereocenters. The fourth-order valence-corrected chi connectivity index (χ4v) is 1.19. The van der Waals surface area contributed by atoms with Gasteiger partial charge in [-0.15, -0.1) is 0 Å². The van der Waals surface area contributed by atoms with Crippen LogP contribution in [0.15, 0.2) is 29.2 Å². The second-order valence-electron chi connectivity index (χ2n) is 2.46. The van der Waals surface area contributed by atoms with Crippen LogP contribution >= 0.6 is 0 Å². The molecule has 4 nitrogen and oxygen atoms in total. The average molecular weight is 149 g/mol. The summed E-state index contributed by atoms with van der Waals surface area (Å²) in [6.07, 6.45) is 4.85. The summed E-state index contributed by atoms with van der Waals surface area (Å²) in [5, 5.41) is 2.56. The van der Waals surface area contributed by atoms with Crippen LogP contribution in [0.1, 0.15) is 0 Å². The highest BCUT2D eigenvalue weighted by Gasteiger charge is 2.30. The lowest BCUT2D eigenvalue weighted by Gasteiger charge is -2.14. The Bertz CT molecular complexity index is 301. The Hall–Kier alpha value is -1.58. The molecule has 0 radical (unpaired) electrons. The van der Waals surface area contributed by atoms with Crippen molar-refractivity contribution in [3.05, 3.63) is 24.2 Å². The number of allylic oxidation sites excluding steroid dienone is 1. The lowest BCUT2D eigenvalue weighted by molar-refractivity contribution is -0.121. The maximum Gasteiger partial charge on any atom is 0.239 e. The molecule has 0 aliphatic carbocycles. The molecule has 0 aromatic carbocycles. The molecule has 1 unspecified atom stereocenters. The van der Waals surface area contributed by atoms with E-state index in [4.69, 9.17) is 5.73 Å². The summed E-state index contributed by atoms with van der Waals surface area (Å²) in [4.78, 5) is 15.1. The molecule has 1 amide bonds. The van der Waals surface area contributed by atoms with Crippen LogP contribution in [0, 0.1) is 5.92 Å². The van der Waals surface area contributed by atoms with Gasteiger partial charge in [0.15, 0.2) is 0 Å². The minimum Gasteiger partial charge on any atom is -0.400 e. The topological polar surface area (TPSA) is 67.5 Å². The Morgan fingerprint density at radius 1 is 1.64 bits per heavy atom. The Labute approximate surface area is 63.5 Å². The number of nitrogens with zero attached hydrogens (tertiary/aromatic N) is 1. The van der Waals surface area contributed by atoms with Crippen molar-refractivity contribution in [3.8, 4) is 0 Å². The smallest absolute Gasteiger partial charge is 0.239 e. The number of rotatable bonds is 0. The van der Waals surface area contributed by atoms with Gasteiger partial charge in [0.05, 0.1) is 5.71 Å². The van der Waals surface area contributed by atoms with Crippen molar-refractivity contribution in [2.24, 2.45) is 16.6 Å². The van der Waals surface area contributed by atoms with Crippen LogP contribution < -0.4 is 11.1 Å². The van der Waals surface area contributed by atoms with Gasteiger partial charge in [0.25, 0.3) is 0 Å². The molecule has 0 saturated carbocycles. The quantitative estimate of drug-likeness (QED) is 0.487. The van der Waals surface area contributed by atoms with Gasteiger partial charge >= 0.3 is 0 Å². The number of aliphatic imine (C=N–C) groups is 1. The highest BCUT2D eigenvalue weighted by Crippen LogP contribution is 2.18. The summed E-state index contributed by atoms with van der Waals surface area (Å²) in [6.45, 7) is 0. The molecule has 3 N–H and O–H groups in total. The molecule has 2 heterocycles. The van der Waals surface area contributed by atoms with Crippen LogP contribution in [0.4, 0.5) is 0 Å². The highest BCUT2D eigenvalue weighted by molar-refractivity contribution is 6.15. The first-order valence-corrected chi connectivity index (χ1v) is 3.29. The molecule has 56 valence electrons. The first kappa shape index (κ1) is 6.15. The number of hydrogen-bond acceptors (Lipinski definition) is 3. The highest BCUT2D eigenvalue weighted by atomic mass is 16.1. The Morgan fingerprint density at radius 2 is 2.45 bits per heavy atom. The number of amides is 1. The van der Waals surface area contributed by atoms with Crippen LogP contribution in [0.5, 0.6) is 0 Å². The summed E-state index contributed by atoms with van der Waals surface area (Å²) in [6, 6.07) is 0. The predicted molar refractivity (Wildman–Crippen MR) is 40.5 cm³/mol. The van der Waals surface area contributed by atoms with E-state index in [0.717, 1.165) is 5.71 Å². The molecular formula is C7H7N3O. The van der Waals surface area contributed by atoms with E-state index in [-0.39, 0.29) is 11.8 Å². The molecular weight excluding hydrogens is 142 g/mol. The summed E-state index contributed by atoms with van der Waals surface area (Å²) >= 11 is 0.